The van der Waals surface area contributed by atoms with Gasteiger partial charge < -0.3 is 15.7 Å². The van der Waals surface area contributed by atoms with E-state index in [-0.39, 0.29) is 24.9 Å². The highest BCUT2D eigenvalue weighted by molar-refractivity contribution is 5.81. The van der Waals surface area contributed by atoms with Crippen LogP contribution in [-0.4, -0.2) is 29.6 Å². The molecule has 0 aliphatic rings. The molecule has 0 heterocycles. The minimum absolute atomic E-state index is 0.0228. The number of carboxylic acid groups (broad SMARTS) is 1. The minimum Gasteiger partial charge on any atom is -0.481 e. The molecule has 0 saturated carbocycles. The number of carbonyl (C=O) groups is 2. The van der Waals surface area contributed by atoms with Gasteiger partial charge in [-0.1, -0.05) is 12.1 Å². The Hall–Kier alpha value is -2.11. The first kappa shape index (κ1) is 16.9. The van der Waals surface area contributed by atoms with Crippen LogP contribution in [0, 0.1) is 12.7 Å². The molecule has 1 rings (SSSR count). The number of carboxylic acids is 1. The fourth-order valence-corrected chi connectivity index (χ4v) is 1.98. The number of anilines is 1. The number of rotatable bonds is 8. The van der Waals surface area contributed by atoms with Gasteiger partial charge in [0.1, 0.15) is 5.82 Å². The lowest BCUT2D eigenvalue weighted by Crippen LogP contribution is -2.36. The average molecular weight is 296 g/mol. The van der Waals surface area contributed by atoms with Gasteiger partial charge in [-0.05, 0) is 38.3 Å². The van der Waals surface area contributed by atoms with E-state index in [0.29, 0.717) is 18.5 Å². The van der Waals surface area contributed by atoms with Crippen LogP contribution in [0.2, 0.25) is 0 Å². The summed E-state index contributed by atoms with van der Waals surface area (Å²) >= 11 is 0. The molecule has 21 heavy (non-hydrogen) atoms. The highest BCUT2D eigenvalue weighted by Gasteiger charge is 2.10. The third kappa shape index (κ3) is 6.25. The van der Waals surface area contributed by atoms with Crippen LogP contribution in [0.25, 0.3) is 0 Å². The molecule has 5 nitrogen and oxygen atoms in total. The Bertz CT molecular complexity index is 485. The summed E-state index contributed by atoms with van der Waals surface area (Å²) in [6.07, 6.45) is 1.19. The standard InChI is InChI=1S/C15H21FN2O3/c1-10-5-3-7-12(16)15(10)17-9-13(19)18-11(2)6-4-8-14(20)21/h3,5,7,11,17H,4,6,8-9H2,1-2H3,(H,18,19)(H,20,21). The van der Waals surface area contributed by atoms with Gasteiger partial charge in [0.2, 0.25) is 5.91 Å². The molecule has 0 saturated heterocycles. The fourth-order valence-electron chi connectivity index (χ4n) is 1.98. The van der Waals surface area contributed by atoms with E-state index in [0.717, 1.165) is 5.56 Å². The number of carbonyl (C=O) groups excluding carboxylic acids is 1. The Morgan fingerprint density at radius 2 is 2.10 bits per heavy atom. The van der Waals surface area contributed by atoms with Crippen LogP contribution in [0.15, 0.2) is 18.2 Å². The molecule has 1 aromatic carbocycles. The number of halogens is 1. The van der Waals surface area contributed by atoms with Gasteiger partial charge >= 0.3 is 5.97 Å². The number of benzene rings is 1. The lowest BCUT2D eigenvalue weighted by molar-refractivity contribution is -0.137. The van der Waals surface area contributed by atoms with Crippen molar-refractivity contribution in [3.05, 3.63) is 29.6 Å². The maximum Gasteiger partial charge on any atom is 0.303 e. The number of aryl methyl sites for hydroxylation is 1. The molecular formula is C15H21FN2O3. The Balaban J connectivity index is 2.35. The molecule has 1 unspecified atom stereocenters. The second kappa shape index (κ2) is 8.24. The normalized spacial score (nSPS) is 11.8. The highest BCUT2D eigenvalue weighted by atomic mass is 19.1. The number of aliphatic carboxylic acids is 1. The number of amides is 1. The van der Waals surface area contributed by atoms with E-state index in [1.807, 2.05) is 6.92 Å². The van der Waals surface area contributed by atoms with Crippen LogP contribution in [0.5, 0.6) is 0 Å². The lowest BCUT2D eigenvalue weighted by atomic mass is 10.1. The van der Waals surface area contributed by atoms with Gasteiger partial charge in [-0.2, -0.15) is 0 Å². The SMILES string of the molecule is Cc1cccc(F)c1NCC(=O)NC(C)CCCC(=O)O. The predicted octanol–water partition coefficient (Wildman–Crippen LogP) is 2.31. The topological polar surface area (TPSA) is 78.4 Å². The Morgan fingerprint density at radius 3 is 2.71 bits per heavy atom. The fraction of sp³-hybridized carbons (Fsp3) is 0.467. The van der Waals surface area contributed by atoms with Gasteiger partial charge in [-0.15, -0.1) is 0 Å². The smallest absolute Gasteiger partial charge is 0.303 e. The van der Waals surface area contributed by atoms with Crippen molar-refractivity contribution in [3.8, 4) is 0 Å². The van der Waals surface area contributed by atoms with Crippen molar-refractivity contribution in [3.63, 3.8) is 0 Å². The minimum atomic E-state index is -0.842. The molecule has 0 spiro atoms. The van der Waals surface area contributed by atoms with Crippen molar-refractivity contribution in [1.29, 1.82) is 0 Å². The second-order valence-electron chi connectivity index (χ2n) is 5.04. The van der Waals surface area contributed by atoms with E-state index in [2.05, 4.69) is 10.6 Å². The first-order valence-corrected chi connectivity index (χ1v) is 6.90. The van der Waals surface area contributed by atoms with Crippen molar-refractivity contribution in [1.82, 2.24) is 5.32 Å². The third-order valence-corrected chi connectivity index (χ3v) is 3.08. The maximum atomic E-state index is 13.6. The van der Waals surface area contributed by atoms with Gasteiger partial charge in [0.05, 0.1) is 12.2 Å². The summed E-state index contributed by atoms with van der Waals surface area (Å²) in [5.41, 5.74) is 1.06. The van der Waals surface area contributed by atoms with Crippen molar-refractivity contribution >= 4 is 17.6 Å². The van der Waals surface area contributed by atoms with Gasteiger partial charge in [0, 0.05) is 12.5 Å². The first-order valence-electron chi connectivity index (χ1n) is 6.90. The second-order valence-corrected chi connectivity index (χ2v) is 5.04. The summed E-state index contributed by atoms with van der Waals surface area (Å²) in [4.78, 5) is 22.1. The van der Waals surface area contributed by atoms with E-state index < -0.39 is 11.8 Å². The van der Waals surface area contributed by atoms with Gasteiger partial charge in [-0.25, -0.2) is 4.39 Å². The molecule has 1 amide bonds. The summed E-state index contributed by atoms with van der Waals surface area (Å²) < 4.78 is 13.6. The molecule has 0 fully saturated rings. The number of hydrogen-bond donors (Lipinski definition) is 3. The Morgan fingerprint density at radius 1 is 1.38 bits per heavy atom. The van der Waals surface area contributed by atoms with Crippen molar-refractivity contribution < 1.29 is 19.1 Å². The molecular weight excluding hydrogens is 275 g/mol. The lowest BCUT2D eigenvalue weighted by Gasteiger charge is -2.15. The quantitative estimate of drug-likeness (QED) is 0.688. The number of hydrogen-bond acceptors (Lipinski definition) is 3. The molecule has 3 N–H and O–H groups in total. The van der Waals surface area contributed by atoms with Crippen LogP contribution >= 0.6 is 0 Å². The van der Waals surface area contributed by atoms with Gasteiger partial charge in [-0.3, -0.25) is 9.59 Å². The molecule has 0 aliphatic heterocycles. The van der Waals surface area contributed by atoms with Crippen LogP contribution in [-0.2, 0) is 9.59 Å². The monoisotopic (exact) mass is 296 g/mol. The highest BCUT2D eigenvalue weighted by Crippen LogP contribution is 2.18. The Labute approximate surface area is 123 Å². The van der Waals surface area contributed by atoms with Crippen LogP contribution in [0.4, 0.5) is 10.1 Å². The van der Waals surface area contributed by atoms with Gasteiger partial charge in [0.25, 0.3) is 0 Å². The van der Waals surface area contributed by atoms with Crippen LogP contribution < -0.4 is 10.6 Å². The van der Waals surface area contributed by atoms with E-state index in [1.165, 1.54) is 6.07 Å². The summed E-state index contributed by atoms with van der Waals surface area (Å²) in [5, 5.41) is 14.1. The Kier molecular flexibility index (Phi) is 6.65. The molecule has 1 atom stereocenters. The number of nitrogens with one attached hydrogen (secondary N) is 2. The largest absolute Gasteiger partial charge is 0.481 e. The first-order chi connectivity index (χ1) is 9.90. The van der Waals surface area contributed by atoms with Gasteiger partial charge in [0.15, 0.2) is 0 Å². The average Bonchev–Trinajstić information content (AvgIpc) is 2.37. The molecule has 1 aromatic rings. The molecule has 0 bridgehead atoms. The van der Waals surface area contributed by atoms with Crippen molar-refractivity contribution in [2.45, 2.75) is 39.2 Å². The zero-order chi connectivity index (χ0) is 15.8. The zero-order valence-corrected chi connectivity index (χ0v) is 12.3. The predicted molar refractivity (Wildman–Crippen MR) is 78.7 cm³/mol. The molecule has 0 aliphatic carbocycles. The molecule has 0 radical (unpaired) electrons. The van der Waals surface area contributed by atoms with Crippen LogP contribution in [0.3, 0.4) is 0 Å². The summed E-state index contributed by atoms with van der Waals surface area (Å²) in [6, 6.07) is 4.60. The third-order valence-electron chi connectivity index (χ3n) is 3.08. The van der Waals surface area contributed by atoms with E-state index in [1.54, 1.807) is 19.1 Å². The van der Waals surface area contributed by atoms with Crippen molar-refractivity contribution in [2.75, 3.05) is 11.9 Å². The number of para-hydroxylation sites is 1. The molecule has 6 heteroatoms. The summed E-state index contributed by atoms with van der Waals surface area (Å²) in [7, 11) is 0. The summed E-state index contributed by atoms with van der Waals surface area (Å²) in [6.45, 7) is 3.55. The van der Waals surface area contributed by atoms with Crippen LogP contribution in [0.1, 0.15) is 31.7 Å². The molecule has 116 valence electrons. The maximum absolute atomic E-state index is 13.6. The van der Waals surface area contributed by atoms with E-state index in [9.17, 15) is 14.0 Å². The molecule has 0 aromatic heterocycles. The summed E-state index contributed by atoms with van der Waals surface area (Å²) in [5.74, 6) is -1.48. The van der Waals surface area contributed by atoms with E-state index in [4.69, 9.17) is 5.11 Å². The van der Waals surface area contributed by atoms with E-state index >= 15 is 0 Å². The van der Waals surface area contributed by atoms with Crippen molar-refractivity contribution in [2.24, 2.45) is 0 Å². The zero-order valence-electron chi connectivity index (χ0n) is 12.3.